The number of likely N-dealkylation sites (N-methyl/N-ethyl adjacent to an activating group) is 1. The van der Waals surface area contributed by atoms with E-state index >= 15 is 0 Å². The number of carbonyl (C=O) groups excluding carboxylic acids is 1. The monoisotopic (exact) mass is 221 g/mol. The molecule has 1 fully saturated rings. The molecule has 1 saturated heterocycles. The van der Waals surface area contributed by atoms with Crippen LogP contribution in [0.1, 0.15) is 5.69 Å². The van der Waals surface area contributed by atoms with E-state index in [1.807, 2.05) is 11.9 Å². The standard InChI is InChI=1S/C10H15N5O/c1-14-2-3-15(7-10(14)16)9-6-12-8(4-11)5-13-9/h5-6H,2-4,7,11H2,1H3. The van der Waals surface area contributed by atoms with Crippen molar-refractivity contribution in [3.8, 4) is 0 Å². The van der Waals surface area contributed by atoms with Gasteiger partial charge in [-0.1, -0.05) is 0 Å². The zero-order valence-corrected chi connectivity index (χ0v) is 9.26. The van der Waals surface area contributed by atoms with E-state index in [2.05, 4.69) is 9.97 Å². The number of nitrogens with zero attached hydrogens (tertiary/aromatic N) is 4. The van der Waals surface area contributed by atoms with Gasteiger partial charge in [-0.3, -0.25) is 9.78 Å². The van der Waals surface area contributed by atoms with Crippen LogP contribution >= 0.6 is 0 Å². The summed E-state index contributed by atoms with van der Waals surface area (Å²) in [6.45, 7) is 2.26. The number of rotatable bonds is 2. The lowest BCUT2D eigenvalue weighted by Crippen LogP contribution is -2.48. The van der Waals surface area contributed by atoms with Crippen LogP contribution in [0.2, 0.25) is 0 Å². The molecule has 0 aliphatic carbocycles. The molecule has 0 bridgehead atoms. The van der Waals surface area contributed by atoms with Gasteiger partial charge in [0.05, 0.1) is 24.6 Å². The number of aromatic nitrogens is 2. The Labute approximate surface area is 94.1 Å². The molecule has 1 aromatic rings. The van der Waals surface area contributed by atoms with Crippen molar-refractivity contribution in [1.82, 2.24) is 14.9 Å². The van der Waals surface area contributed by atoms with Crippen molar-refractivity contribution in [2.24, 2.45) is 5.73 Å². The Bertz CT molecular complexity index is 377. The number of piperazine rings is 1. The van der Waals surface area contributed by atoms with E-state index < -0.39 is 0 Å². The summed E-state index contributed by atoms with van der Waals surface area (Å²) in [5, 5.41) is 0. The van der Waals surface area contributed by atoms with Crippen LogP contribution in [0.25, 0.3) is 0 Å². The van der Waals surface area contributed by atoms with Gasteiger partial charge in [0.2, 0.25) is 5.91 Å². The number of amides is 1. The van der Waals surface area contributed by atoms with Gasteiger partial charge >= 0.3 is 0 Å². The first-order valence-corrected chi connectivity index (χ1v) is 5.20. The lowest BCUT2D eigenvalue weighted by atomic mass is 10.3. The minimum atomic E-state index is 0.107. The van der Waals surface area contributed by atoms with Gasteiger partial charge in [0.15, 0.2) is 0 Å². The maximum Gasteiger partial charge on any atom is 0.241 e. The molecule has 6 nitrogen and oxygen atoms in total. The van der Waals surface area contributed by atoms with E-state index in [0.717, 1.165) is 24.6 Å². The molecule has 2 heterocycles. The molecule has 1 aromatic heterocycles. The van der Waals surface area contributed by atoms with E-state index in [0.29, 0.717) is 13.1 Å². The average Bonchev–Trinajstić information content (AvgIpc) is 2.33. The van der Waals surface area contributed by atoms with Crippen molar-refractivity contribution in [3.63, 3.8) is 0 Å². The highest BCUT2D eigenvalue weighted by Crippen LogP contribution is 2.11. The normalized spacial score (nSPS) is 16.8. The highest BCUT2D eigenvalue weighted by molar-refractivity contribution is 5.82. The fourth-order valence-electron chi connectivity index (χ4n) is 1.57. The number of hydrogen-bond acceptors (Lipinski definition) is 5. The summed E-state index contributed by atoms with van der Waals surface area (Å²) >= 11 is 0. The van der Waals surface area contributed by atoms with E-state index in [-0.39, 0.29) is 5.91 Å². The summed E-state index contributed by atoms with van der Waals surface area (Å²) in [5.41, 5.74) is 6.20. The lowest BCUT2D eigenvalue weighted by molar-refractivity contribution is -0.129. The topological polar surface area (TPSA) is 75.3 Å². The predicted molar refractivity (Wildman–Crippen MR) is 59.8 cm³/mol. The van der Waals surface area contributed by atoms with Crippen LogP contribution in [-0.2, 0) is 11.3 Å². The third-order valence-corrected chi connectivity index (χ3v) is 2.68. The molecular formula is C10H15N5O. The number of nitrogens with two attached hydrogens (primary N) is 1. The molecule has 86 valence electrons. The van der Waals surface area contributed by atoms with E-state index in [1.54, 1.807) is 17.3 Å². The Hall–Kier alpha value is -1.69. The summed E-state index contributed by atoms with van der Waals surface area (Å²) in [6.07, 6.45) is 3.32. The van der Waals surface area contributed by atoms with Crippen LogP contribution in [0, 0.1) is 0 Å². The molecule has 0 radical (unpaired) electrons. The fourth-order valence-corrected chi connectivity index (χ4v) is 1.57. The first-order chi connectivity index (χ1) is 7.70. The minimum absolute atomic E-state index is 0.107. The van der Waals surface area contributed by atoms with Gasteiger partial charge in [0.1, 0.15) is 5.82 Å². The second-order valence-corrected chi connectivity index (χ2v) is 3.81. The van der Waals surface area contributed by atoms with Crippen molar-refractivity contribution in [2.45, 2.75) is 6.54 Å². The van der Waals surface area contributed by atoms with Crippen LogP contribution in [0.3, 0.4) is 0 Å². The summed E-state index contributed by atoms with van der Waals surface area (Å²) < 4.78 is 0. The molecule has 0 unspecified atom stereocenters. The van der Waals surface area contributed by atoms with E-state index in [1.165, 1.54) is 0 Å². The molecule has 16 heavy (non-hydrogen) atoms. The molecule has 0 atom stereocenters. The molecule has 2 N–H and O–H groups in total. The van der Waals surface area contributed by atoms with Crippen LogP contribution in [0.4, 0.5) is 5.82 Å². The van der Waals surface area contributed by atoms with Crippen LogP contribution in [-0.4, -0.2) is 47.5 Å². The van der Waals surface area contributed by atoms with Crippen molar-refractivity contribution >= 4 is 11.7 Å². The Morgan fingerprint density at radius 2 is 2.19 bits per heavy atom. The second kappa shape index (κ2) is 4.44. The molecule has 6 heteroatoms. The van der Waals surface area contributed by atoms with E-state index in [9.17, 15) is 4.79 Å². The van der Waals surface area contributed by atoms with Crippen LogP contribution in [0.15, 0.2) is 12.4 Å². The van der Waals surface area contributed by atoms with Crippen molar-refractivity contribution in [3.05, 3.63) is 18.1 Å². The molecule has 0 saturated carbocycles. The van der Waals surface area contributed by atoms with Crippen molar-refractivity contribution in [1.29, 1.82) is 0 Å². The molecule has 0 spiro atoms. The van der Waals surface area contributed by atoms with Gasteiger partial charge in [0, 0.05) is 26.7 Å². The summed E-state index contributed by atoms with van der Waals surface area (Å²) in [6, 6.07) is 0. The molecule has 1 amide bonds. The maximum absolute atomic E-state index is 11.5. The zero-order chi connectivity index (χ0) is 11.5. The SMILES string of the molecule is CN1CCN(c2cnc(CN)cn2)CC1=O. The Morgan fingerprint density at radius 1 is 1.38 bits per heavy atom. The number of hydrogen-bond donors (Lipinski definition) is 1. The summed E-state index contributed by atoms with van der Waals surface area (Å²) in [4.78, 5) is 23.6. The smallest absolute Gasteiger partial charge is 0.241 e. The quantitative estimate of drug-likeness (QED) is 0.708. The Balaban J connectivity index is 2.09. The van der Waals surface area contributed by atoms with Gasteiger partial charge in [-0.05, 0) is 0 Å². The minimum Gasteiger partial charge on any atom is -0.344 e. The van der Waals surface area contributed by atoms with Gasteiger partial charge in [-0.15, -0.1) is 0 Å². The first kappa shape index (κ1) is 10.8. The van der Waals surface area contributed by atoms with Crippen LogP contribution < -0.4 is 10.6 Å². The van der Waals surface area contributed by atoms with Gasteiger partial charge in [-0.2, -0.15) is 0 Å². The van der Waals surface area contributed by atoms with Crippen LogP contribution in [0.5, 0.6) is 0 Å². The Morgan fingerprint density at radius 3 is 2.75 bits per heavy atom. The summed E-state index contributed by atoms with van der Waals surface area (Å²) in [7, 11) is 1.81. The summed E-state index contributed by atoms with van der Waals surface area (Å²) in [5.74, 6) is 0.842. The molecule has 0 aromatic carbocycles. The van der Waals surface area contributed by atoms with Gasteiger partial charge in [0.25, 0.3) is 0 Å². The fraction of sp³-hybridized carbons (Fsp3) is 0.500. The molecular weight excluding hydrogens is 206 g/mol. The second-order valence-electron chi connectivity index (χ2n) is 3.81. The van der Waals surface area contributed by atoms with Gasteiger partial charge in [-0.25, -0.2) is 4.98 Å². The largest absolute Gasteiger partial charge is 0.344 e. The van der Waals surface area contributed by atoms with Gasteiger partial charge < -0.3 is 15.5 Å². The molecule has 1 aliphatic rings. The molecule has 2 rings (SSSR count). The average molecular weight is 221 g/mol. The van der Waals surface area contributed by atoms with E-state index in [4.69, 9.17) is 5.73 Å². The highest BCUT2D eigenvalue weighted by Gasteiger charge is 2.21. The third-order valence-electron chi connectivity index (χ3n) is 2.68. The third kappa shape index (κ3) is 2.11. The van der Waals surface area contributed by atoms with Crippen molar-refractivity contribution < 1.29 is 4.79 Å². The maximum atomic E-state index is 11.5. The van der Waals surface area contributed by atoms with Crippen molar-refractivity contribution in [2.75, 3.05) is 31.6 Å². The first-order valence-electron chi connectivity index (χ1n) is 5.20. The Kier molecular flexibility index (Phi) is 3.00. The molecule has 1 aliphatic heterocycles. The number of carbonyl (C=O) groups is 1. The lowest BCUT2D eigenvalue weighted by Gasteiger charge is -2.32. The predicted octanol–water partition coefficient (Wildman–Crippen LogP) is -0.786. The zero-order valence-electron chi connectivity index (χ0n) is 9.26. The number of anilines is 1. The highest BCUT2D eigenvalue weighted by atomic mass is 16.2.